The van der Waals surface area contributed by atoms with Crippen molar-refractivity contribution in [2.24, 2.45) is 10.9 Å². The van der Waals surface area contributed by atoms with Crippen LogP contribution in [0.2, 0.25) is 0 Å². The second kappa shape index (κ2) is 9.69. The summed E-state index contributed by atoms with van der Waals surface area (Å²) >= 11 is 1.87. The summed E-state index contributed by atoms with van der Waals surface area (Å²) in [6, 6.07) is 11.0. The number of hydrogen-bond donors (Lipinski definition) is 2. The van der Waals surface area contributed by atoms with Crippen LogP contribution >= 0.6 is 11.3 Å². The van der Waals surface area contributed by atoms with Crippen LogP contribution in [-0.4, -0.2) is 49.6 Å². The second-order valence-electron chi connectivity index (χ2n) is 6.79. The highest BCUT2D eigenvalue weighted by atomic mass is 32.1. The Balaban J connectivity index is 1.50. The van der Waals surface area contributed by atoms with Gasteiger partial charge in [-0.05, 0) is 55.9 Å². The lowest BCUT2D eigenvalue weighted by molar-refractivity contribution is 0.125. The average molecular weight is 372 g/mol. The van der Waals surface area contributed by atoms with Gasteiger partial charge in [0.2, 0.25) is 0 Å². The molecule has 0 amide bonds. The Morgan fingerprint density at radius 3 is 2.96 bits per heavy atom. The fourth-order valence-corrected chi connectivity index (χ4v) is 4.67. The van der Waals surface area contributed by atoms with Crippen molar-refractivity contribution < 1.29 is 0 Å². The van der Waals surface area contributed by atoms with Crippen molar-refractivity contribution in [2.75, 3.05) is 33.7 Å². The minimum Gasteiger partial charge on any atom is -0.356 e. The quantitative estimate of drug-likeness (QED) is 0.606. The average Bonchev–Trinajstić information content (AvgIpc) is 3.19. The first-order chi connectivity index (χ1) is 12.8. The molecule has 1 aliphatic heterocycles. The summed E-state index contributed by atoms with van der Waals surface area (Å²) < 4.78 is 0. The van der Waals surface area contributed by atoms with Gasteiger partial charge in [0.05, 0.1) is 0 Å². The lowest BCUT2D eigenvalue weighted by Crippen LogP contribution is -2.45. The Kier molecular flexibility index (Phi) is 7.03. The second-order valence-corrected chi connectivity index (χ2v) is 7.77. The number of nitrogens with one attached hydrogen (secondary N) is 2. The number of hydrogen-bond acceptors (Lipinski definition) is 4. The van der Waals surface area contributed by atoms with Crippen molar-refractivity contribution >= 4 is 17.3 Å². The van der Waals surface area contributed by atoms with E-state index in [1.165, 1.54) is 24.3 Å². The zero-order valence-corrected chi connectivity index (χ0v) is 16.5. The third-order valence-corrected chi connectivity index (χ3v) is 5.94. The van der Waals surface area contributed by atoms with Crippen molar-refractivity contribution in [1.82, 2.24) is 20.5 Å². The molecular formula is C20H29N5S. The van der Waals surface area contributed by atoms with Gasteiger partial charge in [-0.2, -0.15) is 0 Å². The molecule has 0 aliphatic carbocycles. The van der Waals surface area contributed by atoms with Gasteiger partial charge in [-0.1, -0.05) is 12.1 Å². The van der Waals surface area contributed by atoms with Crippen LogP contribution in [0.4, 0.5) is 0 Å². The largest absolute Gasteiger partial charge is 0.356 e. The van der Waals surface area contributed by atoms with E-state index in [2.05, 4.69) is 56.1 Å². The van der Waals surface area contributed by atoms with Crippen molar-refractivity contribution in [3.8, 4) is 0 Å². The highest BCUT2D eigenvalue weighted by Crippen LogP contribution is 2.36. The molecule has 3 heterocycles. The molecular weight excluding hydrogens is 342 g/mol. The third kappa shape index (κ3) is 5.05. The number of guanidine groups is 1. The molecule has 2 aromatic heterocycles. The van der Waals surface area contributed by atoms with Gasteiger partial charge in [0.15, 0.2) is 5.96 Å². The molecule has 26 heavy (non-hydrogen) atoms. The number of piperidine rings is 1. The van der Waals surface area contributed by atoms with Crippen LogP contribution < -0.4 is 10.6 Å². The minimum atomic E-state index is 0.503. The first kappa shape index (κ1) is 18.9. The Morgan fingerprint density at radius 1 is 1.31 bits per heavy atom. The molecule has 0 aromatic carbocycles. The smallest absolute Gasteiger partial charge is 0.190 e. The number of nitrogens with zero attached hydrogens (tertiary/aromatic N) is 3. The number of pyridine rings is 1. The molecule has 0 radical (unpaired) electrons. The molecule has 2 aromatic rings. The standard InChI is InChI=1S/C20H29N5S/c1-21-20(23-12-10-17-8-3-4-11-22-17)24-15-16-7-5-13-25(2)19(16)18-9-6-14-26-18/h3-4,6,8-9,11,14,16,19H,5,7,10,12-13,15H2,1-2H3,(H2,21,23,24). The van der Waals surface area contributed by atoms with E-state index in [4.69, 9.17) is 0 Å². The molecule has 2 unspecified atom stereocenters. The van der Waals surface area contributed by atoms with E-state index in [9.17, 15) is 0 Å². The molecule has 6 heteroatoms. The van der Waals surface area contributed by atoms with Gasteiger partial charge in [-0.25, -0.2) is 0 Å². The maximum atomic E-state index is 4.37. The van der Waals surface area contributed by atoms with Gasteiger partial charge in [-0.15, -0.1) is 11.3 Å². The molecule has 3 rings (SSSR count). The molecule has 0 spiro atoms. The Bertz CT molecular complexity index is 671. The summed E-state index contributed by atoms with van der Waals surface area (Å²) in [7, 11) is 4.08. The summed E-state index contributed by atoms with van der Waals surface area (Å²) in [6.07, 6.45) is 5.25. The van der Waals surface area contributed by atoms with Crippen LogP contribution in [0, 0.1) is 5.92 Å². The maximum Gasteiger partial charge on any atom is 0.190 e. The van der Waals surface area contributed by atoms with Gasteiger partial charge in [0.25, 0.3) is 0 Å². The van der Waals surface area contributed by atoms with Crippen LogP contribution in [-0.2, 0) is 6.42 Å². The van der Waals surface area contributed by atoms with Crippen molar-refractivity contribution in [3.63, 3.8) is 0 Å². The summed E-state index contributed by atoms with van der Waals surface area (Å²) in [4.78, 5) is 12.7. The van der Waals surface area contributed by atoms with E-state index in [1.807, 2.05) is 36.7 Å². The molecule has 2 atom stereocenters. The number of rotatable bonds is 6. The zero-order chi connectivity index (χ0) is 18.2. The van der Waals surface area contributed by atoms with Crippen molar-refractivity contribution in [3.05, 3.63) is 52.5 Å². The highest BCUT2D eigenvalue weighted by molar-refractivity contribution is 7.10. The van der Waals surface area contributed by atoms with Gasteiger partial charge < -0.3 is 10.6 Å². The number of thiophene rings is 1. The third-order valence-electron chi connectivity index (χ3n) is 5.00. The Morgan fingerprint density at radius 2 is 2.23 bits per heavy atom. The molecule has 140 valence electrons. The SMILES string of the molecule is CN=C(NCCc1ccccn1)NCC1CCCN(C)C1c1cccs1. The van der Waals surface area contributed by atoms with Crippen LogP contribution in [0.25, 0.3) is 0 Å². The van der Waals surface area contributed by atoms with Gasteiger partial charge in [-0.3, -0.25) is 14.9 Å². The number of aliphatic imine (C=N–C) groups is 1. The highest BCUT2D eigenvalue weighted by Gasteiger charge is 2.31. The lowest BCUT2D eigenvalue weighted by Gasteiger charge is -2.39. The van der Waals surface area contributed by atoms with Crippen molar-refractivity contribution in [1.29, 1.82) is 0 Å². The molecule has 1 fully saturated rings. The summed E-state index contributed by atoms with van der Waals surface area (Å²) in [5.41, 5.74) is 1.10. The minimum absolute atomic E-state index is 0.503. The van der Waals surface area contributed by atoms with Crippen LogP contribution in [0.5, 0.6) is 0 Å². The van der Waals surface area contributed by atoms with E-state index in [0.717, 1.165) is 31.2 Å². The molecule has 5 nitrogen and oxygen atoms in total. The van der Waals surface area contributed by atoms with E-state index in [0.29, 0.717) is 12.0 Å². The van der Waals surface area contributed by atoms with E-state index in [1.54, 1.807) is 0 Å². The predicted molar refractivity (Wildman–Crippen MR) is 110 cm³/mol. The topological polar surface area (TPSA) is 52.6 Å². The number of aromatic nitrogens is 1. The zero-order valence-electron chi connectivity index (χ0n) is 15.7. The van der Waals surface area contributed by atoms with E-state index in [-0.39, 0.29) is 0 Å². The fourth-order valence-electron chi connectivity index (χ4n) is 3.69. The molecule has 0 saturated carbocycles. The normalized spacial score (nSPS) is 21.5. The summed E-state index contributed by atoms with van der Waals surface area (Å²) in [6.45, 7) is 2.95. The first-order valence-electron chi connectivity index (χ1n) is 9.36. The lowest BCUT2D eigenvalue weighted by atomic mass is 9.88. The van der Waals surface area contributed by atoms with E-state index < -0.39 is 0 Å². The van der Waals surface area contributed by atoms with Gasteiger partial charge in [0, 0.05) is 49.4 Å². The monoisotopic (exact) mass is 371 g/mol. The number of likely N-dealkylation sites (tertiary alicyclic amines) is 1. The van der Waals surface area contributed by atoms with Gasteiger partial charge >= 0.3 is 0 Å². The molecule has 0 bridgehead atoms. The van der Waals surface area contributed by atoms with Crippen molar-refractivity contribution in [2.45, 2.75) is 25.3 Å². The van der Waals surface area contributed by atoms with Crippen LogP contribution in [0.3, 0.4) is 0 Å². The summed E-state index contributed by atoms with van der Waals surface area (Å²) in [5, 5.41) is 9.12. The predicted octanol–water partition coefficient (Wildman–Crippen LogP) is 2.93. The Labute approximate surface area is 160 Å². The Hall–Kier alpha value is -1.92. The fraction of sp³-hybridized carbons (Fsp3) is 0.500. The molecule has 1 saturated heterocycles. The van der Waals surface area contributed by atoms with Crippen LogP contribution in [0.15, 0.2) is 46.9 Å². The van der Waals surface area contributed by atoms with Crippen LogP contribution in [0.1, 0.15) is 29.5 Å². The first-order valence-corrected chi connectivity index (χ1v) is 10.2. The molecule has 2 N–H and O–H groups in total. The maximum absolute atomic E-state index is 4.37. The summed E-state index contributed by atoms with van der Waals surface area (Å²) in [5.74, 6) is 1.47. The molecule has 1 aliphatic rings. The van der Waals surface area contributed by atoms with Gasteiger partial charge in [0.1, 0.15) is 0 Å². The van der Waals surface area contributed by atoms with E-state index >= 15 is 0 Å².